The number of carbonyl (C=O) groups excluding carboxylic acids is 3. The second-order valence-electron chi connectivity index (χ2n) is 4.90. The van der Waals surface area contributed by atoms with Crippen LogP contribution in [-0.2, 0) is 16.1 Å². The number of nitrogens with zero attached hydrogens (tertiary/aromatic N) is 3. The van der Waals surface area contributed by atoms with Crippen LogP contribution in [0.5, 0.6) is 0 Å². The van der Waals surface area contributed by atoms with E-state index in [0.29, 0.717) is 10.8 Å². The number of hydrogen-bond donors (Lipinski definition) is 0. The molecule has 2 amide bonds. The maximum absolute atomic E-state index is 12.1. The summed E-state index contributed by atoms with van der Waals surface area (Å²) < 4.78 is 1.76. The maximum Gasteiger partial charge on any atom is 0.339 e. The minimum Gasteiger partial charge on any atom is -0.329 e. The fourth-order valence-corrected chi connectivity index (χ4v) is 3.28. The molecule has 0 fully saturated rings. The van der Waals surface area contributed by atoms with E-state index in [0.717, 1.165) is 4.96 Å². The zero-order valence-electron chi connectivity index (χ0n) is 11.6. The van der Waals surface area contributed by atoms with E-state index >= 15 is 0 Å². The van der Waals surface area contributed by atoms with Crippen LogP contribution in [0.25, 0.3) is 4.96 Å². The van der Waals surface area contributed by atoms with E-state index in [1.807, 2.05) is 0 Å². The first-order chi connectivity index (χ1) is 11.1. The van der Waals surface area contributed by atoms with Gasteiger partial charge in [-0.05, 0) is 12.1 Å². The lowest BCUT2D eigenvalue weighted by molar-refractivity contribution is -0.167. The number of thiazole rings is 1. The van der Waals surface area contributed by atoms with Crippen molar-refractivity contribution in [1.82, 2.24) is 14.4 Å². The molecule has 0 bridgehead atoms. The molecule has 0 saturated carbocycles. The zero-order chi connectivity index (χ0) is 16.0. The fraction of sp³-hybridized carbons (Fsp3) is 0.0667. The number of aromatic nitrogens is 2. The van der Waals surface area contributed by atoms with E-state index < -0.39 is 17.8 Å². The maximum atomic E-state index is 12.1. The Morgan fingerprint density at radius 3 is 2.57 bits per heavy atom. The summed E-state index contributed by atoms with van der Waals surface area (Å²) in [6.07, 6.45) is 3.30. The Balaban J connectivity index is 1.53. The predicted molar refractivity (Wildman–Crippen MR) is 79.8 cm³/mol. The van der Waals surface area contributed by atoms with Crippen LogP contribution in [0.1, 0.15) is 26.4 Å². The molecule has 0 radical (unpaired) electrons. The van der Waals surface area contributed by atoms with Crippen LogP contribution in [0, 0.1) is 0 Å². The van der Waals surface area contributed by atoms with Crippen molar-refractivity contribution in [2.75, 3.05) is 0 Å². The average Bonchev–Trinajstić information content (AvgIpc) is 3.21. The monoisotopic (exact) mass is 327 g/mol. The standard InChI is InChI=1S/C15H9N3O4S/c19-12(7-9-8-23-15-16-5-6-17(9)15)22-18-13(20)10-3-1-2-4-11(10)14(18)21/h1-6,8H,7H2. The molecule has 1 aromatic carbocycles. The van der Waals surface area contributed by atoms with E-state index in [2.05, 4.69) is 4.98 Å². The average molecular weight is 327 g/mol. The lowest BCUT2D eigenvalue weighted by atomic mass is 10.1. The molecule has 0 atom stereocenters. The summed E-state index contributed by atoms with van der Waals surface area (Å²) in [6.45, 7) is 0. The quantitative estimate of drug-likeness (QED) is 0.684. The highest BCUT2D eigenvalue weighted by atomic mass is 32.1. The Morgan fingerprint density at radius 1 is 1.17 bits per heavy atom. The highest BCUT2D eigenvalue weighted by Gasteiger charge is 2.38. The van der Waals surface area contributed by atoms with Gasteiger partial charge in [0.15, 0.2) is 4.96 Å². The third-order valence-corrected chi connectivity index (χ3v) is 4.39. The number of imidazole rings is 1. The molecule has 2 aromatic heterocycles. The van der Waals surface area contributed by atoms with E-state index in [1.54, 1.807) is 34.3 Å². The predicted octanol–water partition coefficient (Wildman–Crippen LogP) is 1.69. The number of rotatable bonds is 3. The number of imide groups is 1. The van der Waals surface area contributed by atoms with Gasteiger partial charge in [-0.15, -0.1) is 11.3 Å². The van der Waals surface area contributed by atoms with E-state index in [9.17, 15) is 14.4 Å². The Hall–Kier alpha value is -3.00. The van der Waals surface area contributed by atoms with Gasteiger partial charge in [-0.3, -0.25) is 14.0 Å². The van der Waals surface area contributed by atoms with Crippen LogP contribution in [-0.4, -0.2) is 32.2 Å². The smallest absolute Gasteiger partial charge is 0.329 e. The molecule has 7 nitrogen and oxygen atoms in total. The summed E-state index contributed by atoms with van der Waals surface area (Å²) >= 11 is 1.39. The van der Waals surface area contributed by atoms with Crippen molar-refractivity contribution < 1.29 is 19.2 Å². The minimum absolute atomic E-state index is 0.0657. The van der Waals surface area contributed by atoms with Crippen LogP contribution in [0.15, 0.2) is 42.0 Å². The van der Waals surface area contributed by atoms with Gasteiger partial charge in [0.05, 0.1) is 17.5 Å². The van der Waals surface area contributed by atoms with Gasteiger partial charge in [0.2, 0.25) is 0 Å². The van der Waals surface area contributed by atoms with Crippen molar-refractivity contribution in [3.05, 3.63) is 58.9 Å². The second-order valence-corrected chi connectivity index (χ2v) is 5.73. The molecule has 0 aliphatic carbocycles. The first-order valence-electron chi connectivity index (χ1n) is 6.73. The van der Waals surface area contributed by atoms with Crippen LogP contribution in [0.2, 0.25) is 0 Å². The largest absolute Gasteiger partial charge is 0.339 e. The van der Waals surface area contributed by atoms with Gasteiger partial charge >= 0.3 is 5.97 Å². The first-order valence-corrected chi connectivity index (χ1v) is 7.61. The Labute approximate surface area is 133 Å². The molecule has 0 N–H and O–H groups in total. The molecule has 1 aliphatic heterocycles. The van der Waals surface area contributed by atoms with Gasteiger partial charge in [-0.1, -0.05) is 17.2 Å². The number of carbonyl (C=O) groups is 3. The van der Waals surface area contributed by atoms with Gasteiger partial charge in [-0.25, -0.2) is 9.78 Å². The summed E-state index contributed by atoms with van der Waals surface area (Å²) in [5, 5.41) is 2.30. The van der Waals surface area contributed by atoms with Gasteiger partial charge in [0.25, 0.3) is 11.8 Å². The third-order valence-electron chi connectivity index (χ3n) is 3.49. The van der Waals surface area contributed by atoms with E-state index in [-0.39, 0.29) is 17.5 Å². The SMILES string of the molecule is O=C(Cc1csc2nccn12)ON1C(=O)c2ccccc2C1=O. The molecule has 23 heavy (non-hydrogen) atoms. The number of amides is 2. The lowest BCUT2D eigenvalue weighted by Gasteiger charge is -2.12. The van der Waals surface area contributed by atoms with Crippen molar-refractivity contribution in [2.24, 2.45) is 0 Å². The number of benzene rings is 1. The first kappa shape index (κ1) is 13.6. The second kappa shape index (κ2) is 5.03. The molecule has 4 rings (SSSR count). The summed E-state index contributed by atoms with van der Waals surface area (Å²) in [6, 6.07) is 6.35. The van der Waals surface area contributed by atoms with Gasteiger partial charge in [0.1, 0.15) is 0 Å². The van der Waals surface area contributed by atoms with Crippen molar-refractivity contribution in [3.8, 4) is 0 Å². The van der Waals surface area contributed by atoms with Crippen LogP contribution in [0.3, 0.4) is 0 Å². The van der Waals surface area contributed by atoms with Crippen molar-refractivity contribution in [2.45, 2.75) is 6.42 Å². The fourth-order valence-electron chi connectivity index (χ4n) is 2.43. The Kier molecular flexibility index (Phi) is 2.98. The van der Waals surface area contributed by atoms with Gasteiger partial charge in [0, 0.05) is 23.5 Å². The third kappa shape index (κ3) is 2.11. The number of hydroxylamine groups is 2. The normalized spacial score (nSPS) is 13.7. The van der Waals surface area contributed by atoms with E-state index in [4.69, 9.17) is 4.84 Å². The minimum atomic E-state index is -0.687. The van der Waals surface area contributed by atoms with Crippen molar-refractivity contribution in [3.63, 3.8) is 0 Å². The summed E-state index contributed by atoms with van der Waals surface area (Å²) in [5.74, 6) is -1.94. The van der Waals surface area contributed by atoms with Crippen LogP contribution < -0.4 is 0 Å². The summed E-state index contributed by atoms with van der Waals surface area (Å²) in [7, 11) is 0. The molecular weight excluding hydrogens is 318 g/mol. The van der Waals surface area contributed by atoms with Crippen molar-refractivity contribution in [1.29, 1.82) is 0 Å². The van der Waals surface area contributed by atoms with Crippen LogP contribution in [0.4, 0.5) is 0 Å². The molecule has 114 valence electrons. The van der Waals surface area contributed by atoms with Gasteiger partial charge < -0.3 is 4.84 Å². The molecule has 3 heterocycles. The molecule has 1 aliphatic rings. The van der Waals surface area contributed by atoms with Crippen LogP contribution >= 0.6 is 11.3 Å². The molecule has 0 unspecified atom stereocenters. The molecule has 3 aromatic rings. The zero-order valence-corrected chi connectivity index (χ0v) is 12.4. The number of hydrogen-bond acceptors (Lipinski definition) is 6. The van der Waals surface area contributed by atoms with Crippen molar-refractivity contribution >= 4 is 34.1 Å². The highest BCUT2D eigenvalue weighted by Crippen LogP contribution is 2.23. The Bertz CT molecular complexity index is 923. The summed E-state index contributed by atoms with van der Waals surface area (Å²) in [4.78, 5) is 46.2. The topological polar surface area (TPSA) is 81.0 Å². The highest BCUT2D eigenvalue weighted by molar-refractivity contribution is 7.15. The van der Waals surface area contributed by atoms with Gasteiger partial charge in [-0.2, -0.15) is 0 Å². The van der Waals surface area contributed by atoms with E-state index in [1.165, 1.54) is 23.5 Å². The molecule has 0 saturated heterocycles. The molecule has 0 spiro atoms. The molecule has 8 heteroatoms. The number of fused-ring (bicyclic) bond motifs is 2. The summed E-state index contributed by atoms with van der Waals surface area (Å²) in [5.41, 5.74) is 1.15. The Morgan fingerprint density at radius 2 is 1.87 bits per heavy atom. The lowest BCUT2D eigenvalue weighted by Crippen LogP contribution is -2.33. The molecular formula is C15H9N3O4S.